The first kappa shape index (κ1) is 13.7. The van der Waals surface area contributed by atoms with Gasteiger partial charge in [-0.15, -0.1) is 11.3 Å². The number of thiophene rings is 1. The normalized spacial score (nSPS) is 11.3. The van der Waals surface area contributed by atoms with Crippen molar-refractivity contribution in [1.29, 1.82) is 0 Å². The molecule has 0 aromatic carbocycles. The van der Waals surface area contributed by atoms with Gasteiger partial charge in [-0.25, -0.2) is 0 Å². The Balaban J connectivity index is 1.99. The zero-order valence-corrected chi connectivity index (χ0v) is 12.3. The maximum atomic E-state index is 12.0. The van der Waals surface area contributed by atoms with Crippen molar-refractivity contribution >= 4 is 17.2 Å². The topological polar surface area (TPSA) is 42.0 Å². The molecule has 0 radical (unpaired) electrons. The van der Waals surface area contributed by atoms with Crippen LogP contribution in [-0.4, -0.2) is 10.9 Å². The van der Waals surface area contributed by atoms with E-state index < -0.39 is 0 Å². The van der Waals surface area contributed by atoms with Gasteiger partial charge in [0, 0.05) is 23.8 Å². The summed E-state index contributed by atoms with van der Waals surface area (Å²) in [7, 11) is 0. The van der Waals surface area contributed by atoms with Crippen molar-refractivity contribution in [2.24, 2.45) is 0 Å². The van der Waals surface area contributed by atoms with E-state index in [1.54, 1.807) is 23.7 Å². The lowest BCUT2D eigenvalue weighted by molar-refractivity contribution is 0.0955. The van der Waals surface area contributed by atoms with E-state index in [4.69, 9.17) is 0 Å². The number of rotatable bonds is 3. The highest BCUT2D eigenvalue weighted by Gasteiger charge is 2.18. The second kappa shape index (κ2) is 5.53. The van der Waals surface area contributed by atoms with E-state index in [0.717, 1.165) is 10.4 Å². The first-order valence-corrected chi connectivity index (χ1v) is 7.06. The Bertz CT molecular complexity index is 555. The van der Waals surface area contributed by atoms with Gasteiger partial charge in [-0.1, -0.05) is 20.8 Å². The maximum absolute atomic E-state index is 12.0. The summed E-state index contributed by atoms with van der Waals surface area (Å²) in [4.78, 5) is 18.0. The van der Waals surface area contributed by atoms with Crippen LogP contribution in [0, 0.1) is 0 Å². The molecular formula is C15H18N2OS. The molecule has 0 aliphatic heterocycles. The minimum atomic E-state index is -0.0164. The summed E-state index contributed by atoms with van der Waals surface area (Å²) in [5, 5.41) is 2.92. The van der Waals surface area contributed by atoms with Crippen LogP contribution in [0.2, 0.25) is 0 Å². The predicted octanol–water partition coefficient (Wildman–Crippen LogP) is 3.37. The summed E-state index contributed by atoms with van der Waals surface area (Å²) in [5.41, 5.74) is 1.14. The number of hydrogen-bond acceptors (Lipinski definition) is 3. The third-order valence-corrected chi connectivity index (χ3v) is 4.28. The van der Waals surface area contributed by atoms with Gasteiger partial charge < -0.3 is 5.32 Å². The molecule has 0 saturated heterocycles. The monoisotopic (exact) mass is 274 g/mol. The third kappa shape index (κ3) is 3.64. The molecule has 19 heavy (non-hydrogen) atoms. The summed E-state index contributed by atoms with van der Waals surface area (Å²) >= 11 is 1.56. The number of aromatic nitrogens is 1. The number of hydrogen-bond donors (Lipinski definition) is 1. The van der Waals surface area contributed by atoms with Crippen molar-refractivity contribution in [3.63, 3.8) is 0 Å². The van der Waals surface area contributed by atoms with Crippen LogP contribution < -0.4 is 5.32 Å². The highest BCUT2D eigenvalue weighted by Crippen LogP contribution is 2.29. The molecule has 0 saturated carbocycles. The Hall–Kier alpha value is -1.68. The fourth-order valence-corrected chi connectivity index (χ4v) is 2.61. The quantitative estimate of drug-likeness (QED) is 0.932. The minimum absolute atomic E-state index is 0.0164. The van der Waals surface area contributed by atoms with Crippen molar-refractivity contribution in [2.45, 2.75) is 32.7 Å². The van der Waals surface area contributed by atoms with Gasteiger partial charge >= 0.3 is 0 Å². The van der Waals surface area contributed by atoms with Crippen LogP contribution in [0.5, 0.6) is 0 Å². The zero-order valence-electron chi connectivity index (χ0n) is 11.4. The number of carbonyl (C=O) groups excluding carboxylic acids is 1. The highest BCUT2D eigenvalue weighted by atomic mass is 32.1. The summed E-state index contributed by atoms with van der Waals surface area (Å²) in [5.74, 6) is -0.0164. The number of nitrogens with one attached hydrogen (secondary N) is 1. The van der Waals surface area contributed by atoms with Crippen molar-refractivity contribution in [2.75, 3.05) is 0 Å². The molecule has 0 aliphatic rings. The smallest absolute Gasteiger partial charge is 0.261 e. The number of carbonyl (C=O) groups is 1. The van der Waals surface area contributed by atoms with Crippen molar-refractivity contribution in [3.8, 4) is 0 Å². The Morgan fingerprint density at radius 1 is 1.21 bits per heavy atom. The SMILES string of the molecule is CC(C)(C)c1ccc(C(=O)NCc2ccncc2)s1. The standard InChI is InChI=1S/C15H18N2OS/c1-15(2,3)13-5-4-12(19-13)14(18)17-10-11-6-8-16-9-7-11/h4-9H,10H2,1-3H3,(H,17,18). The van der Waals surface area contributed by atoms with E-state index in [0.29, 0.717) is 6.54 Å². The molecule has 2 heterocycles. The molecule has 100 valence electrons. The molecule has 2 aromatic rings. The predicted molar refractivity (Wildman–Crippen MR) is 78.4 cm³/mol. The Morgan fingerprint density at radius 2 is 1.89 bits per heavy atom. The van der Waals surface area contributed by atoms with Gasteiger partial charge in [-0.3, -0.25) is 9.78 Å². The van der Waals surface area contributed by atoms with E-state index >= 15 is 0 Å². The molecule has 4 heteroatoms. The third-order valence-electron chi connectivity index (χ3n) is 2.77. The van der Waals surface area contributed by atoms with Gasteiger partial charge in [0.15, 0.2) is 0 Å². The number of nitrogens with zero attached hydrogens (tertiary/aromatic N) is 1. The van der Waals surface area contributed by atoms with E-state index in [-0.39, 0.29) is 11.3 Å². The molecule has 3 nitrogen and oxygen atoms in total. The van der Waals surface area contributed by atoms with Crippen molar-refractivity contribution < 1.29 is 4.79 Å². The molecule has 2 rings (SSSR count). The Labute approximate surface area is 117 Å². The average Bonchev–Trinajstić information content (AvgIpc) is 2.87. The lowest BCUT2D eigenvalue weighted by atomic mass is 9.95. The average molecular weight is 274 g/mol. The van der Waals surface area contributed by atoms with Crippen LogP contribution in [0.1, 0.15) is 40.9 Å². The van der Waals surface area contributed by atoms with E-state index in [1.807, 2.05) is 24.3 Å². The van der Waals surface area contributed by atoms with Gasteiger partial charge in [-0.05, 0) is 35.2 Å². The first-order chi connectivity index (χ1) is 8.97. The molecular weight excluding hydrogens is 256 g/mol. The van der Waals surface area contributed by atoms with Crippen molar-refractivity contribution in [3.05, 3.63) is 52.0 Å². The molecule has 0 spiro atoms. The van der Waals surface area contributed by atoms with E-state index in [9.17, 15) is 4.79 Å². The second-order valence-corrected chi connectivity index (χ2v) is 6.54. The molecule has 0 unspecified atom stereocenters. The van der Waals surface area contributed by atoms with Gasteiger partial charge in [0.1, 0.15) is 0 Å². The molecule has 0 bridgehead atoms. The van der Waals surface area contributed by atoms with Crippen LogP contribution in [0.25, 0.3) is 0 Å². The molecule has 0 aliphatic carbocycles. The van der Waals surface area contributed by atoms with Gasteiger partial charge in [0.25, 0.3) is 5.91 Å². The summed E-state index contributed by atoms with van der Waals surface area (Å²) in [6.07, 6.45) is 3.45. The fourth-order valence-electron chi connectivity index (χ4n) is 1.63. The molecule has 0 atom stereocenters. The molecule has 1 amide bonds. The van der Waals surface area contributed by atoms with Crippen LogP contribution in [-0.2, 0) is 12.0 Å². The zero-order chi connectivity index (χ0) is 13.9. The summed E-state index contributed by atoms with van der Waals surface area (Å²) < 4.78 is 0. The maximum Gasteiger partial charge on any atom is 0.261 e. The Kier molecular flexibility index (Phi) is 4.00. The molecule has 1 N–H and O–H groups in total. The summed E-state index contributed by atoms with van der Waals surface area (Å²) in [6, 6.07) is 7.73. The minimum Gasteiger partial charge on any atom is -0.347 e. The molecule has 2 aromatic heterocycles. The fraction of sp³-hybridized carbons (Fsp3) is 0.333. The van der Waals surface area contributed by atoms with Gasteiger partial charge in [0.2, 0.25) is 0 Å². The lowest BCUT2D eigenvalue weighted by Gasteiger charge is -2.15. The van der Waals surface area contributed by atoms with Crippen LogP contribution in [0.3, 0.4) is 0 Å². The van der Waals surface area contributed by atoms with E-state index in [2.05, 4.69) is 31.1 Å². The highest BCUT2D eigenvalue weighted by molar-refractivity contribution is 7.14. The van der Waals surface area contributed by atoms with Crippen LogP contribution >= 0.6 is 11.3 Å². The first-order valence-electron chi connectivity index (χ1n) is 6.24. The number of pyridine rings is 1. The van der Waals surface area contributed by atoms with Crippen LogP contribution in [0.4, 0.5) is 0 Å². The van der Waals surface area contributed by atoms with Gasteiger partial charge in [0.05, 0.1) is 4.88 Å². The largest absolute Gasteiger partial charge is 0.347 e. The lowest BCUT2D eigenvalue weighted by Crippen LogP contribution is -2.21. The van der Waals surface area contributed by atoms with Crippen LogP contribution in [0.15, 0.2) is 36.7 Å². The summed E-state index contributed by atoms with van der Waals surface area (Å²) in [6.45, 7) is 6.98. The molecule has 0 fully saturated rings. The second-order valence-electron chi connectivity index (χ2n) is 5.45. The Morgan fingerprint density at radius 3 is 2.47 bits per heavy atom. The van der Waals surface area contributed by atoms with Crippen molar-refractivity contribution in [1.82, 2.24) is 10.3 Å². The number of amides is 1. The van der Waals surface area contributed by atoms with E-state index in [1.165, 1.54) is 4.88 Å². The van der Waals surface area contributed by atoms with Gasteiger partial charge in [-0.2, -0.15) is 0 Å².